The van der Waals surface area contributed by atoms with Crippen LogP contribution in [0.1, 0.15) is 25.1 Å². The van der Waals surface area contributed by atoms with Crippen molar-refractivity contribution in [1.82, 2.24) is 43.4 Å². The highest BCUT2D eigenvalue weighted by Crippen LogP contribution is 2.52. The molecular weight excluding hydrogens is 670 g/mol. The average Bonchev–Trinajstić information content (AvgIpc) is 3.77. The molecule has 2 aliphatic rings. The van der Waals surface area contributed by atoms with Gasteiger partial charge in [-0.15, -0.1) is 0 Å². The standard InChI is InChI=1S/C23H28N10O10P2S/c24-19-17-20(27-8-26-19)32(9-28-17)13-3-11(5-40-44(36,37)38)12(13)6-41-45(39,46)42-7-15-14(34)4-16(43-15)33-10-29-18-21(33)30-23-25-1-2-31(23)22(18)35/h1-2,8-16,34H,3-7H2,(H,25,30)(H,39,46)(H2,24,26,27)(H2,36,37,38)/t11-,12-,13-,14+,15-,16-,45?/m1/s1. The zero-order valence-electron chi connectivity index (χ0n) is 23.6. The second-order valence-corrected chi connectivity index (χ2v) is 15.1. The van der Waals surface area contributed by atoms with Crippen LogP contribution < -0.4 is 11.3 Å². The van der Waals surface area contributed by atoms with E-state index >= 15 is 0 Å². The normalized spacial score (nSPS) is 26.6. The summed E-state index contributed by atoms with van der Waals surface area (Å²) in [6.45, 7) is -4.61. The summed E-state index contributed by atoms with van der Waals surface area (Å²) < 4.78 is 38.0. The van der Waals surface area contributed by atoms with Crippen LogP contribution in [0.4, 0.5) is 5.82 Å². The van der Waals surface area contributed by atoms with Crippen molar-refractivity contribution < 1.29 is 42.7 Å². The zero-order chi connectivity index (χ0) is 32.4. The monoisotopic (exact) mass is 698 g/mol. The van der Waals surface area contributed by atoms with E-state index in [0.717, 1.165) is 0 Å². The van der Waals surface area contributed by atoms with Crippen molar-refractivity contribution >= 4 is 60.3 Å². The van der Waals surface area contributed by atoms with E-state index in [0.29, 0.717) is 29.0 Å². The number of aromatic amines is 1. The van der Waals surface area contributed by atoms with Gasteiger partial charge >= 0.3 is 14.5 Å². The maximum absolute atomic E-state index is 12.7. The maximum Gasteiger partial charge on any atom is 0.469 e. The van der Waals surface area contributed by atoms with E-state index in [-0.39, 0.29) is 55.1 Å². The number of anilines is 1. The largest absolute Gasteiger partial charge is 0.469 e. The fourth-order valence-corrected chi connectivity index (χ4v) is 7.42. The molecule has 46 heavy (non-hydrogen) atoms. The highest BCUT2D eigenvalue weighted by Gasteiger charge is 2.45. The van der Waals surface area contributed by atoms with Crippen molar-refractivity contribution in [2.75, 3.05) is 25.6 Å². The second-order valence-electron chi connectivity index (χ2n) is 11.0. The van der Waals surface area contributed by atoms with Gasteiger partial charge in [-0.2, -0.15) is 0 Å². The quantitative estimate of drug-likeness (QED) is 0.0989. The van der Waals surface area contributed by atoms with E-state index in [1.54, 1.807) is 9.13 Å². The topological polar surface area (TPSA) is 273 Å². The van der Waals surface area contributed by atoms with Gasteiger partial charge in [-0.3, -0.25) is 13.9 Å². The van der Waals surface area contributed by atoms with Gasteiger partial charge < -0.3 is 48.9 Å². The smallest absolute Gasteiger partial charge is 0.390 e. The van der Waals surface area contributed by atoms with E-state index < -0.39 is 38.9 Å². The minimum Gasteiger partial charge on any atom is -0.390 e. The number of hydrogen-bond acceptors (Lipinski definition) is 14. The van der Waals surface area contributed by atoms with Crippen molar-refractivity contribution in [3.8, 4) is 0 Å². The first kappa shape index (κ1) is 31.4. The van der Waals surface area contributed by atoms with Crippen LogP contribution in [-0.2, 0) is 34.7 Å². The number of nitrogens with one attached hydrogen (secondary N) is 1. The van der Waals surface area contributed by atoms with Crippen molar-refractivity contribution in [2.24, 2.45) is 11.8 Å². The number of rotatable bonds is 11. The summed E-state index contributed by atoms with van der Waals surface area (Å²) in [7, 11) is -4.73. The van der Waals surface area contributed by atoms with E-state index in [9.17, 15) is 29.1 Å². The van der Waals surface area contributed by atoms with Crippen LogP contribution in [0.2, 0.25) is 0 Å². The number of nitrogens with zero attached hydrogens (tertiary/aromatic N) is 8. The summed E-state index contributed by atoms with van der Waals surface area (Å²) in [5.41, 5.74) is 6.94. The van der Waals surface area contributed by atoms with Crippen molar-refractivity contribution in [1.29, 1.82) is 0 Å². The third-order valence-corrected chi connectivity index (χ3v) is 10.3. The number of fused-ring (bicyclic) bond motifs is 3. The SMILES string of the molecule is Nc1ncnc2c1ncn2[C@@H]1C[C@H](COP(=O)(O)O)[C@H]1COP(O)(=S)OC[C@H]1O[C@@H](n2cnc3c(=O)n4ccnc4[nH]c32)C[C@@H]1O. The minimum absolute atomic E-state index is 0.133. The number of imidazole rings is 3. The first-order valence-corrected chi connectivity index (χ1v) is 18.0. The number of phosphoric ester groups is 1. The van der Waals surface area contributed by atoms with E-state index in [4.69, 9.17) is 35.8 Å². The lowest BCUT2D eigenvalue weighted by atomic mass is 9.70. The Morgan fingerprint density at radius 2 is 1.78 bits per heavy atom. The van der Waals surface area contributed by atoms with E-state index in [2.05, 4.69) is 29.9 Å². The van der Waals surface area contributed by atoms with Gasteiger partial charge in [0.1, 0.15) is 29.8 Å². The molecule has 7 N–H and O–H groups in total. The molecule has 7 atom stereocenters. The Kier molecular flexibility index (Phi) is 8.05. The fourth-order valence-electron chi connectivity index (χ4n) is 5.90. The third-order valence-electron chi connectivity index (χ3n) is 8.28. The van der Waals surface area contributed by atoms with E-state index in [1.807, 2.05) is 0 Å². The number of aliphatic hydroxyl groups excluding tert-OH is 1. The summed E-state index contributed by atoms with van der Waals surface area (Å²) in [5.74, 6) is -0.294. The van der Waals surface area contributed by atoms with Gasteiger partial charge in [-0.25, -0.2) is 33.9 Å². The molecule has 0 aromatic carbocycles. The van der Waals surface area contributed by atoms with Crippen molar-refractivity contribution in [3.05, 3.63) is 41.7 Å². The molecule has 6 heterocycles. The minimum atomic E-state index is -4.73. The van der Waals surface area contributed by atoms with Crippen LogP contribution in [0.15, 0.2) is 36.2 Å². The van der Waals surface area contributed by atoms with Crippen LogP contribution >= 0.6 is 14.5 Å². The van der Waals surface area contributed by atoms with Crippen LogP contribution in [-0.4, -0.2) is 95.3 Å². The Bertz CT molecular complexity index is 2080. The fraction of sp³-hybridized carbons (Fsp3) is 0.478. The lowest BCUT2D eigenvalue weighted by Crippen LogP contribution is -2.43. The molecule has 1 aliphatic heterocycles. The molecule has 0 bridgehead atoms. The molecule has 2 fully saturated rings. The Labute approximate surface area is 262 Å². The van der Waals surface area contributed by atoms with Gasteiger partial charge in [0.25, 0.3) is 5.56 Å². The molecular formula is C23H28N10O10P2S. The highest BCUT2D eigenvalue weighted by molar-refractivity contribution is 8.07. The molecule has 1 unspecified atom stereocenters. The molecule has 0 spiro atoms. The molecule has 246 valence electrons. The summed E-state index contributed by atoms with van der Waals surface area (Å²) in [6, 6.07) is -0.305. The van der Waals surface area contributed by atoms with Crippen LogP contribution in [0.25, 0.3) is 28.1 Å². The first-order valence-electron chi connectivity index (χ1n) is 13.9. The molecule has 5 aromatic rings. The van der Waals surface area contributed by atoms with Gasteiger partial charge in [0.2, 0.25) is 5.78 Å². The van der Waals surface area contributed by atoms with Crippen molar-refractivity contribution in [2.45, 2.75) is 37.3 Å². The Morgan fingerprint density at radius 3 is 2.59 bits per heavy atom. The zero-order valence-corrected chi connectivity index (χ0v) is 26.2. The Hall–Kier alpha value is -3.20. The molecule has 23 heteroatoms. The summed E-state index contributed by atoms with van der Waals surface area (Å²) in [5, 5.41) is 10.7. The molecule has 1 saturated heterocycles. The number of aliphatic hydroxyl groups is 1. The predicted molar refractivity (Wildman–Crippen MR) is 160 cm³/mol. The number of ether oxygens (including phenoxy) is 1. The molecule has 5 aromatic heterocycles. The molecule has 0 amide bonds. The van der Waals surface area contributed by atoms with E-state index in [1.165, 1.54) is 35.8 Å². The second kappa shape index (κ2) is 11.8. The van der Waals surface area contributed by atoms with Gasteiger partial charge in [-0.1, -0.05) is 0 Å². The first-order chi connectivity index (χ1) is 21.9. The number of phosphoric acid groups is 1. The number of aromatic nitrogens is 9. The third kappa shape index (κ3) is 5.88. The van der Waals surface area contributed by atoms with Crippen LogP contribution in [0.5, 0.6) is 0 Å². The Balaban J connectivity index is 1.01. The average molecular weight is 699 g/mol. The summed E-state index contributed by atoms with van der Waals surface area (Å²) in [6.07, 6.45) is 5.20. The number of hydrogen-bond donors (Lipinski definition) is 6. The highest BCUT2D eigenvalue weighted by atomic mass is 32.5. The molecule has 1 saturated carbocycles. The van der Waals surface area contributed by atoms with Gasteiger partial charge in [0, 0.05) is 30.8 Å². The van der Waals surface area contributed by atoms with Gasteiger partial charge in [0.15, 0.2) is 17.0 Å². The number of nitrogens with two attached hydrogens (primary N) is 1. The van der Waals surface area contributed by atoms with Crippen LogP contribution in [0.3, 0.4) is 0 Å². The Morgan fingerprint density at radius 1 is 1.02 bits per heavy atom. The van der Waals surface area contributed by atoms with Crippen LogP contribution in [0, 0.1) is 11.8 Å². The molecule has 7 rings (SSSR count). The molecule has 20 nitrogen and oxygen atoms in total. The molecule has 1 aliphatic carbocycles. The number of H-pyrrole nitrogens is 1. The van der Waals surface area contributed by atoms with Gasteiger partial charge in [0.05, 0.1) is 38.6 Å². The lowest BCUT2D eigenvalue weighted by Gasteiger charge is -2.45. The summed E-state index contributed by atoms with van der Waals surface area (Å²) >= 11 is 5.23. The van der Waals surface area contributed by atoms with Crippen molar-refractivity contribution in [3.63, 3.8) is 0 Å². The molecule has 0 radical (unpaired) electrons. The maximum atomic E-state index is 12.7. The van der Waals surface area contributed by atoms with Gasteiger partial charge in [-0.05, 0) is 24.1 Å². The number of nitrogen functional groups attached to an aromatic ring is 1. The lowest BCUT2D eigenvalue weighted by molar-refractivity contribution is -0.0440. The predicted octanol–water partition coefficient (Wildman–Crippen LogP) is -0.0207. The summed E-state index contributed by atoms with van der Waals surface area (Å²) in [4.78, 5) is 65.8.